The van der Waals surface area contributed by atoms with Gasteiger partial charge >= 0.3 is 5.97 Å². The lowest BCUT2D eigenvalue weighted by molar-refractivity contribution is -0.141. The molecule has 4 N–H and O–H groups in total. The number of rotatable bonds is 13. The highest BCUT2D eigenvalue weighted by Crippen LogP contribution is 2.16. The number of nitrogens with one attached hydrogen (secondary N) is 3. The van der Waals surface area contributed by atoms with Gasteiger partial charge in [0, 0.05) is 24.7 Å². The SMILES string of the molecule is CC(=O)Nc1cccc(CN(CC(=O)N[C@H](C=O)CC(=O)O)C(=O)[C@@H](NC(=O)c2ccccc2)C(C)C)c1. The van der Waals surface area contributed by atoms with Crippen LogP contribution in [0.3, 0.4) is 0 Å². The number of hydrogen-bond acceptors (Lipinski definition) is 6. The van der Waals surface area contributed by atoms with Gasteiger partial charge in [0.05, 0.1) is 19.0 Å². The minimum Gasteiger partial charge on any atom is -0.481 e. The van der Waals surface area contributed by atoms with E-state index in [1.165, 1.54) is 11.8 Å². The van der Waals surface area contributed by atoms with Crippen LogP contribution in [0.4, 0.5) is 5.69 Å². The second-order valence-corrected chi connectivity index (χ2v) is 9.04. The van der Waals surface area contributed by atoms with Crippen molar-refractivity contribution >= 4 is 41.6 Å². The molecule has 0 heterocycles. The van der Waals surface area contributed by atoms with E-state index < -0.39 is 48.7 Å². The molecule has 4 amide bonds. The minimum absolute atomic E-state index is 0.0607. The van der Waals surface area contributed by atoms with Crippen LogP contribution in [-0.2, 0) is 30.5 Å². The van der Waals surface area contributed by atoms with Gasteiger partial charge < -0.3 is 30.8 Å². The summed E-state index contributed by atoms with van der Waals surface area (Å²) < 4.78 is 0. The minimum atomic E-state index is -1.27. The maximum Gasteiger partial charge on any atom is 0.305 e. The number of aldehydes is 1. The average molecular weight is 525 g/mol. The van der Waals surface area contributed by atoms with Gasteiger partial charge in [-0.05, 0) is 35.7 Å². The summed E-state index contributed by atoms with van der Waals surface area (Å²) in [5.41, 5.74) is 1.44. The fourth-order valence-electron chi connectivity index (χ4n) is 3.65. The van der Waals surface area contributed by atoms with E-state index in [1.807, 2.05) is 0 Å². The molecule has 202 valence electrons. The fourth-order valence-corrected chi connectivity index (χ4v) is 3.65. The number of nitrogens with zero attached hydrogens (tertiary/aromatic N) is 1. The van der Waals surface area contributed by atoms with Crippen LogP contribution in [0.1, 0.15) is 43.1 Å². The second kappa shape index (κ2) is 14.3. The summed E-state index contributed by atoms with van der Waals surface area (Å²) in [5, 5.41) is 16.7. The third-order valence-corrected chi connectivity index (χ3v) is 5.43. The first-order valence-corrected chi connectivity index (χ1v) is 12.0. The Morgan fingerprint density at radius 3 is 2.24 bits per heavy atom. The van der Waals surface area contributed by atoms with E-state index >= 15 is 0 Å². The number of hydrogen-bond donors (Lipinski definition) is 4. The van der Waals surface area contributed by atoms with Crippen LogP contribution in [0.2, 0.25) is 0 Å². The third kappa shape index (κ3) is 9.49. The molecule has 0 saturated heterocycles. The van der Waals surface area contributed by atoms with Gasteiger partial charge in [0.25, 0.3) is 5.91 Å². The van der Waals surface area contributed by atoms with Crippen molar-refractivity contribution in [2.75, 3.05) is 11.9 Å². The van der Waals surface area contributed by atoms with Gasteiger partial charge in [-0.3, -0.25) is 24.0 Å². The summed E-state index contributed by atoms with van der Waals surface area (Å²) >= 11 is 0. The molecule has 0 aromatic heterocycles. The molecule has 0 unspecified atom stereocenters. The number of carbonyl (C=O) groups excluding carboxylic acids is 5. The predicted molar refractivity (Wildman–Crippen MR) is 139 cm³/mol. The summed E-state index contributed by atoms with van der Waals surface area (Å²) in [4.78, 5) is 74.1. The van der Waals surface area contributed by atoms with Crippen LogP contribution in [0.15, 0.2) is 54.6 Å². The van der Waals surface area contributed by atoms with E-state index in [0.717, 1.165) is 0 Å². The summed E-state index contributed by atoms with van der Waals surface area (Å²) in [6.07, 6.45) is -0.296. The van der Waals surface area contributed by atoms with E-state index in [4.69, 9.17) is 5.11 Å². The van der Waals surface area contributed by atoms with Crippen molar-refractivity contribution in [2.24, 2.45) is 5.92 Å². The van der Waals surface area contributed by atoms with Gasteiger partial charge in [0.15, 0.2) is 0 Å². The van der Waals surface area contributed by atoms with Gasteiger partial charge in [-0.25, -0.2) is 0 Å². The molecular formula is C27H32N4O7. The second-order valence-electron chi connectivity index (χ2n) is 9.04. The summed E-state index contributed by atoms with van der Waals surface area (Å²) in [6, 6.07) is 12.8. The Morgan fingerprint density at radius 1 is 0.974 bits per heavy atom. The lowest BCUT2D eigenvalue weighted by Gasteiger charge is -2.30. The van der Waals surface area contributed by atoms with Gasteiger partial charge in [-0.1, -0.05) is 44.2 Å². The molecule has 2 rings (SSSR count). The fraction of sp³-hybridized carbons (Fsp3) is 0.333. The van der Waals surface area contributed by atoms with Crippen molar-refractivity contribution in [3.8, 4) is 0 Å². The maximum absolute atomic E-state index is 13.7. The Kier molecular flexibility index (Phi) is 11.1. The van der Waals surface area contributed by atoms with Gasteiger partial charge in [0.2, 0.25) is 17.7 Å². The van der Waals surface area contributed by atoms with E-state index in [-0.39, 0.29) is 18.4 Å². The Bertz CT molecular complexity index is 1170. The summed E-state index contributed by atoms with van der Waals surface area (Å²) in [6.45, 7) is 4.29. The number of aliphatic carboxylic acids is 1. The van der Waals surface area contributed by atoms with Gasteiger partial charge in [0.1, 0.15) is 12.3 Å². The molecule has 2 aromatic rings. The molecule has 0 aliphatic rings. The van der Waals surface area contributed by atoms with Crippen molar-refractivity contribution in [3.05, 3.63) is 65.7 Å². The van der Waals surface area contributed by atoms with Crippen LogP contribution in [0.25, 0.3) is 0 Å². The van der Waals surface area contributed by atoms with Crippen LogP contribution < -0.4 is 16.0 Å². The number of carboxylic acids is 1. The molecule has 0 aliphatic carbocycles. The largest absolute Gasteiger partial charge is 0.481 e. The van der Waals surface area contributed by atoms with Crippen molar-refractivity contribution in [1.82, 2.24) is 15.5 Å². The molecule has 0 fully saturated rings. The lowest BCUT2D eigenvalue weighted by atomic mass is 10.0. The molecule has 2 aromatic carbocycles. The molecule has 0 radical (unpaired) electrons. The number of carbonyl (C=O) groups is 6. The highest BCUT2D eigenvalue weighted by Gasteiger charge is 2.31. The van der Waals surface area contributed by atoms with E-state index in [1.54, 1.807) is 68.4 Å². The molecule has 11 nitrogen and oxygen atoms in total. The quantitative estimate of drug-likeness (QED) is 0.289. The number of carboxylic acid groups (broad SMARTS) is 1. The van der Waals surface area contributed by atoms with Crippen LogP contribution >= 0.6 is 0 Å². The topological polar surface area (TPSA) is 162 Å². The predicted octanol–water partition coefficient (Wildman–Crippen LogP) is 1.59. The molecule has 0 bridgehead atoms. The number of benzene rings is 2. The van der Waals surface area contributed by atoms with Crippen molar-refractivity contribution < 1.29 is 33.9 Å². The molecule has 0 spiro atoms. The summed E-state index contributed by atoms with van der Waals surface area (Å²) in [7, 11) is 0. The zero-order chi connectivity index (χ0) is 28.2. The number of anilines is 1. The number of amides is 4. The standard InChI is InChI=1S/C27H32N4O7/c1-17(2)25(30-26(37)20-9-5-4-6-10-20)27(38)31(15-23(34)29-22(16-32)13-24(35)36)14-19-8-7-11-21(12-19)28-18(3)33/h4-12,16-17,22,25H,13-15H2,1-3H3,(H,28,33)(H,29,34)(H,30,37)(H,35,36)/t22-,25-/m0/s1. The zero-order valence-electron chi connectivity index (χ0n) is 21.5. The van der Waals surface area contributed by atoms with Crippen molar-refractivity contribution in [2.45, 2.75) is 45.8 Å². The molecule has 2 atom stereocenters. The Hall–Kier alpha value is -4.54. The van der Waals surface area contributed by atoms with Crippen LogP contribution in [0, 0.1) is 5.92 Å². The Labute approximate surface area is 220 Å². The van der Waals surface area contributed by atoms with Gasteiger partial charge in [-0.15, -0.1) is 0 Å². The Balaban J connectivity index is 2.32. The first kappa shape index (κ1) is 29.7. The Morgan fingerprint density at radius 2 is 1.66 bits per heavy atom. The summed E-state index contributed by atoms with van der Waals surface area (Å²) in [5.74, 6) is -3.65. The van der Waals surface area contributed by atoms with Crippen LogP contribution in [-0.4, -0.2) is 64.5 Å². The molecular weight excluding hydrogens is 492 g/mol. The van der Waals surface area contributed by atoms with E-state index in [0.29, 0.717) is 23.1 Å². The smallest absolute Gasteiger partial charge is 0.305 e. The molecule has 0 saturated carbocycles. The molecule has 11 heteroatoms. The highest BCUT2D eigenvalue weighted by molar-refractivity contribution is 5.98. The van der Waals surface area contributed by atoms with E-state index in [2.05, 4.69) is 16.0 Å². The van der Waals surface area contributed by atoms with Gasteiger partial charge in [-0.2, -0.15) is 0 Å². The maximum atomic E-state index is 13.7. The van der Waals surface area contributed by atoms with E-state index in [9.17, 15) is 28.8 Å². The highest BCUT2D eigenvalue weighted by atomic mass is 16.4. The lowest BCUT2D eigenvalue weighted by Crippen LogP contribution is -2.53. The first-order chi connectivity index (χ1) is 18.0. The molecule has 38 heavy (non-hydrogen) atoms. The van der Waals surface area contributed by atoms with Crippen molar-refractivity contribution in [1.29, 1.82) is 0 Å². The molecule has 0 aliphatic heterocycles. The average Bonchev–Trinajstić information content (AvgIpc) is 2.85. The monoisotopic (exact) mass is 524 g/mol. The third-order valence-electron chi connectivity index (χ3n) is 5.43. The zero-order valence-corrected chi connectivity index (χ0v) is 21.5. The van der Waals surface area contributed by atoms with Crippen molar-refractivity contribution in [3.63, 3.8) is 0 Å². The van der Waals surface area contributed by atoms with Crippen LogP contribution in [0.5, 0.6) is 0 Å². The normalized spacial score (nSPS) is 12.1. The first-order valence-electron chi connectivity index (χ1n) is 12.0.